The fourth-order valence-electron chi connectivity index (χ4n) is 4.18. The molecule has 118 valence electrons. The van der Waals surface area contributed by atoms with Crippen LogP contribution in [-0.2, 0) is 9.53 Å². The van der Waals surface area contributed by atoms with Crippen molar-refractivity contribution in [2.24, 2.45) is 5.92 Å². The van der Waals surface area contributed by atoms with E-state index in [9.17, 15) is 4.79 Å². The molecule has 2 aromatic carbocycles. The number of benzene rings is 2. The van der Waals surface area contributed by atoms with Gasteiger partial charge in [0, 0.05) is 17.8 Å². The van der Waals surface area contributed by atoms with Crippen molar-refractivity contribution in [2.45, 2.75) is 23.1 Å². The van der Waals surface area contributed by atoms with E-state index in [-0.39, 0.29) is 11.8 Å². The first-order valence-electron chi connectivity index (χ1n) is 7.79. The standard InChI is InChI=1S/C19H16Cl2O2/c20-18(21)19(22)23-10-11-9-16-12-5-1-3-7-14(12)17(11)15-8-4-2-6-13(15)16/h1-8,11,16-18H,9-10H2/t11-,16?,17?/m1/s1. The summed E-state index contributed by atoms with van der Waals surface area (Å²) in [6, 6.07) is 17.2. The number of halogens is 2. The van der Waals surface area contributed by atoms with Crippen molar-refractivity contribution in [2.75, 3.05) is 6.61 Å². The quantitative estimate of drug-likeness (QED) is 0.598. The van der Waals surface area contributed by atoms with Crippen LogP contribution in [0.15, 0.2) is 48.5 Å². The summed E-state index contributed by atoms with van der Waals surface area (Å²) in [5, 5.41) is 0. The summed E-state index contributed by atoms with van der Waals surface area (Å²) in [6.07, 6.45) is 0.987. The van der Waals surface area contributed by atoms with E-state index in [1.807, 2.05) is 0 Å². The number of carbonyl (C=O) groups is 1. The molecule has 0 heterocycles. The Hall–Kier alpha value is -1.51. The van der Waals surface area contributed by atoms with Crippen LogP contribution in [-0.4, -0.2) is 17.4 Å². The molecular weight excluding hydrogens is 331 g/mol. The molecule has 23 heavy (non-hydrogen) atoms. The number of hydrogen-bond acceptors (Lipinski definition) is 2. The van der Waals surface area contributed by atoms with Crippen LogP contribution in [0.3, 0.4) is 0 Å². The molecule has 0 N–H and O–H groups in total. The normalized spacial score (nSPS) is 24.2. The Balaban J connectivity index is 1.70. The number of rotatable bonds is 3. The molecule has 0 aliphatic heterocycles. The third-order valence-corrected chi connectivity index (χ3v) is 5.40. The van der Waals surface area contributed by atoms with Crippen molar-refractivity contribution in [1.29, 1.82) is 0 Å². The molecule has 0 amide bonds. The Morgan fingerprint density at radius 1 is 1.00 bits per heavy atom. The van der Waals surface area contributed by atoms with E-state index >= 15 is 0 Å². The van der Waals surface area contributed by atoms with Crippen LogP contribution in [0.1, 0.15) is 40.5 Å². The SMILES string of the molecule is O=C(OC[C@H]1CC2c3ccccc3C1c1ccccc12)C(Cl)Cl. The van der Waals surface area contributed by atoms with Gasteiger partial charge in [0.15, 0.2) is 0 Å². The number of fused-ring (bicyclic) bond motifs is 1. The van der Waals surface area contributed by atoms with E-state index in [2.05, 4.69) is 48.5 Å². The van der Waals surface area contributed by atoms with E-state index in [1.165, 1.54) is 22.3 Å². The van der Waals surface area contributed by atoms with Gasteiger partial charge in [-0.15, -0.1) is 0 Å². The van der Waals surface area contributed by atoms with Crippen LogP contribution in [0.25, 0.3) is 0 Å². The molecule has 0 fully saturated rings. The molecule has 3 aliphatic rings. The molecule has 0 radical (unpaired) electrons. The highest BCUT2D eigenvalue weighted by molar-refractivity contribution is 6.52. The molecule has 2 bridgehead atoms. The molecule has 2 nitrogen and oxygen atoms in total. The van der Waals surface area contributed by atoms with Gasteiger partial charge < -0.3 is 4.74 Å². The second-order valence-corrected chi connectivity index (χ2v) is 7.31. The topological polar surface area (TPSA) is 26.3 Å². The number of hydrogen-bond donors (Lipinski definition) is 0. The van der Waals surface area contributed by atoms with E-state index in [0.29, 0.717) is 12.5 Å². The molecule has 0 unspecified atom stereocenters. The molecule has 4 heteroatoms. The van der Waals surface area contributed by atoms with Gasteiger partial charge in [-0.25, -0.2) is 4.79 Å². The minimum atomic E-state index is -1.12. The minimum absolute atomic E-state index is 0.265. The predicted molar refractivity (Wildman–Crippen MR) is 91.1 cm³/mol. The van der Waals surface area contributed by atoms with Crippen molar-refractivity contribution < 1.29 is 9.53 Å². The van der Waals surface area contributed by atoms with Gasteiger partial charge in [-0.2, -0.15) is 0 Å². The maximum Gasteiger partial charge on any atom is 0.339 e. The van der Waals surface area contributed by atoms with Gasteiger partial charge in [0.05, 0.1) is 6.61 Å². The molecule has 0 saturated carbocycles. The monoisotopic (exact) mass is 346 g/mol. The molecule has 0 aromatic heterocycles. The van der Waals surface area contributed by atoms with Crippen molar-refractivity contribution in [3.8, 4) is 0 Å². The maximum atomic E-state index is 11.6. The van der Waals surface area contributed by atoms with Crippen LogP contribution in [0.2, 0.25) is 0 Å². The number of alkyl halides is 2. The molecular formula is C19H16Cl2O2. The molecule has 2 aromatic rings. The van der Waals surface area contributed by atoms with Crippen molar-refractivity contribution in [3.05, 3.63) is 70.8 Å². The summed E-state index contributed by atoms with van der Waals surface area (Å²) in [7, 11) is 0. The van der Waals surface area contributed by atoms with E-state index in [4.69, 9.17) is 27.9 Å². The van der Waals surface area contributed by atoms with Gasteiger partial charge in [0.25, 0.3) is 0 Å². The van der Waals surface area contributed by atoms with Crippen LogP contribution >= 0.6 is 23.2 Å². The van der Waals surface area contributed by atoms with E-state index in [1.54, 1.807) is 0 Å². The van der Waals surface area contributed by atoms with Crippen LogP contribution < -0.4 is 0 Å². The predicted octanol–water partition coefficient (Wildman–Crippen LogP) is 4.63. The molecule has 0 spiro atoms. The van der Waals surface area contributed by atoms with Crippen LogP contribution in [0, 0.1) is 5.92 Å². The molecule has 3 aliphatic carbocycles. The van der Waals surface area contributed by atoms with Crippen LogP contribution in [0.4, 0.5) is 0 Å². The van der Waals surface area contributed by atoms with Crippen molar-refractivity contribution in [1.82, 2.24) is 0 Å². The number of carbonyl (C=O) groups excluding carboxylic acids is 1. The van der Waals surface area contributed by atoms with Gasteiger partial charge in [-0.3, -0.25) is 0 Å². The van der Waals surface area contributed by atoms with Gasteiger partial charge in [-0.05, 0) is 28.7 Å². The molecule has 1 atom stereocenters. The van der Waals surface area contributed by atoms with Gasteiger partial charge in [0.2, 0.25) is 4.84 Å². The van der Waals surface area contributed by atoms with E-state index < -0.39 is 10.8 Å². The first-order chi connectivity index (χ1) is 11.2. The Bertz CT molecular complexity index is 709. The zero-order valence-electron chi connectivity index (χ0n) is 12.4. The zero-order chi connectivity index (χ0) is 16.0. The fraction of sp³-hybridized carbons (Fsp3) is 0.316. The lowest BCUT2D eigenvalue weighted by molar-refractivity contribution is -0.143. The second-order valence-electron chi connectivity index (χ2n) is 6.21. The first-order valence-corrected chi connectivity index (χ1v) is 8.66. The number of ether oxygens (including phenoxy) is 1. The highest BCUT2D eigenvalue weighted by atomic mass is 35.5. The van der Waals surface area contributed by atoms with Crippen molar-refractivity contribution in [3.63, 3.8) is 0 Å². The van der Waals surface area contributed by atoms with E-state index in [0.717, 1.165) is 6.42 Å². The minimum Gasteiger partial charge on any atom is -0.463 e. The summed E-state index contributed by atoms with van der Waals surface area (Å²) in [5.74, 6) is 0.348. The zero-order valence-corrected chi connectivity index (χ0v) is 13.9. The van der Waals surface area contributed by atoms with Gasteiger partial charge in [-0.1, -0.05) is 71.7 Å². The summed E-state index contributed by atoms with van der Waals surface area (Å²) in [4.78, 5) is 10.5. The maximum absolute atomic E-state index is 11.6. The number of esters is 1. The Morgan fingerprint density at radius 2 is 1.52 bits per heavy atom. The fourth-order valence-corrected chi connectivity index (χ4v) is 4.30. The lowest BCUT2D eigenvalue weighted by Crippen LogP contribution is -2.35. The lowest BCUT2D eigenvalue weighted by atomic mass is 9.59. The molecule has 5 rings (SSSR count). The lowest BCUT2D eigenvalue weighted by Gasteiger charge is -2.45. The summed E-state index contributed by atoms with van der Waals surface area (Å²) >= 11 is 11.2. The Kier molecular flexibility index (Phi) is 3.82. The first kappa shape index (κ1) is 15.0. The smallest absolute Gasteiger partial charge is 0.339 e. The highest BCUT2D eigenvalue weighted by Gasteiger charge is 2.43. The summed E-state index contributed by atoms with van der Waals surface area (Å²) in [5.41, 5.74) is 5.53. The van der Waals surface area contributed by atoms with Gasteiger partial charge in [0.1, 0.15) is 0 Å². The largest absolute Gasteiger partial charge is 0.463 e. The third kappa shape index (κ3) is 2.45. The Labute approximate surface area is 145 Å². The average molecular weight is 347 g/mol. The Morgan fingerprint density at radius 3 is 2.04 bits per heavy atom. The van der Waals surface area contributed by atoms with Crippen molar-refractivity contribution >= 4 is 29.2 Å². The third-order valence-electron chi connectivity index (χ3n) is 5.04. The molecule has 0 saturated heterocycles. The van der Waals surface area contributed by atoms with Crippen LogP contribution in [0.5, 0.6) is 0 Å². The van der Waals surface area contributed by atoms with Gasteiger partial charge >= 0.3 is 5.97 Å². The summed E-state index contributed by atoms with van der Waals surface area (Å²) in [6.45, 7) is 0.360. The summed E-state index contributed by atoms with van der Waals surface area (Å²) < 4.78 is 5.32. The second kappa shape index (κ2) is 5.85. The highest BCUT2D eigenvalue weighted by Crippen LogP contribution is 2.55. The average Bonchev–Trinajstić information content (AvgIpc) is 2.59.